The Balaban J connectivity index is 2.12. The first-order valence-electron chi connectivity index (χ1n) is 7.22. The number of nitrogens with zero attached hydrogens (tertiary/aromatic N) is 1. The van der Waals surface area contributed by atoms with E-state index in [0.29, 0.717) is 43.7 Å². The van der Waals surface area contributed by atoms with E-state index in [1.165, 1.54) is 0 Å². The summed E-state index contributed by atoms with van der Waals surface area (Å²) in [5, 5.41) is 2.96. The van der Waals surface area contributed by atoms with Crippen molar-refractivity contribution in [1.82, 2.24) is 9.62 Å². The predicted molar refractivity (Wildman–Crippen MR) is 79.6 cm³/mol. The molecular formula is C14H24N2O4S. The smallest absolute Gasteiger partial charge is 0.246 e. The minimum Gasteiger partial charge on any atom is -0.464 e. The molecule has 1 saturated heterocycles. The molecule has 0 atom stereocenters. The third-order valence-electron chi connectivity index (χ3n) is 3.87. The first-order valence-corrected chi connectivity index (χ1v) is 8.66. The summed E-state index contributed by atoms with van der Waals surface area (Å²) in [5.74, 6) is 1.55. The number of sulfonamides is 1. The fourth-order valence-electron chi connectivity index (χ4n) is 2.73. The Morgan fingerprint density at radius 3 is 2.67 bits per heavy atom. The summed E-state index contributed by atoms with van der Waals surface area (Å²) in [5.41, 5.74) is 0. The fraction of sp³-hybridized carbons (Fsp3) is 0.714. The molecule has 7 heteroatoms. The molecule has 2 heterocycles. The van der Waals surface area contributed by atoms with Crippen LogP contribution in [0.5, 0.6) is 0 Å². The second-order valence-electron chi connectivity index (χ2n) is 5.47. The van der Waals surface area contributed by atoms with Gasteiger partial charge in [0, 0.05) is 32.9 Å². The van der Waals surface area contributed by atoms with E-state index < -0.39 is 10.0 Å². The van der Waals surface area contributed by atoms with Gasteiger partial charge in [0.05, 0.1) is 6.54 Å². The van der Waals surface area contributed by atoms with Gasteiger partial charge in [-0.25, -0.2) is 8.42 Å². The van der Waals surface area contributed by atoms with Crippen molar-refractivity contribution in [1.29, 1.82) is 0 Å². The quantitative estimate of drug-likeness (QED) is 0.858. The Morgan fingerprint density at radius 2 is 2.10 bits per heavy atom. The average Bonchev–Trinajstić information content (AvgIpc) is 2.82. The van der Waals surface area contributed by atoms with Crippen LogP contribution in [-0.4, -0.2) is 46.6 Å². The first kappa shape index (κ1) is 16.5. The minimum atomic E-state index is -3.46. The molecule has 1 aromatic heterocycles. The van der Waals surface area contributed by atoms with Crippen molar-refractivity contribution in [3.05, 3.63) is 17.6 Å². The lowest BCUT2D eigenvalue weighted by atomic mass is 9.99. The summed E-state index contributed by atoms with van der Waals surface area (Å²) in [7, 11) is 0.0224. The predicted octanol–water partition coefficient (Wildman–Crippen LogP) is 1.35. The highest BCUT2D eigenvalue weighted by molar-refractivity contribution is 7.89. The molecule has 0 spiro atoms. The molecule has 1 aliphatic heterocycles. The Labute approximate surface area is 126 Å². The van der Waals surface area contributed by atoms with Crippen molar-refractivity contribution >= 4 is 10.0 Å². The van der Waals surface area contributed by atoms with Crippen molar-refractivity contribution in [2.75, 3.05) is 33.9 Å². The highest BCUT2D eigenvalue weighted by Gasteiger charge is 2.32. The topological polar surface area (TPSA) is 71.8 Å². The van der Waals surface area contributed by atoms with Crippen LogP contribution in [0.1, 0.15) is 24.4 Å². The van der Waals surface area contributed by atoms with Crippen molar-refractivity contribution in [3.63, 3.8) is 0 Å². The Kier molecular flexibility index (Phi) is 5.43. The number of furan rings is 1. The maximum Gasteiger partial charge on any atom is 0.246 e. The molecule has 1 aliphatic rings. The highest BCUT2D eigenvalue weighted by Crippen LogP contribution is 2.27. The van der Waals surface area contributed by atoms with Crippen LogP contribution in [0.4, 0.5) is 0 Å². The summed E-state index contributed by atoms with van der Waals surface area (Å²) < 4.78 is 37.6. The van der Waals surface area contributed by atoms with Gasteiger partial charge in [-0.05, 0) is 32.7 Å². The molecule has 0 bridgehead atoms. The standard InChI is InChI=1S/C14H24N2O4S/c1-11-14(8-13(20-11)9-15-2)21(17,18)16-6-4-12(5-7-16)10-19-3/h8,12,15H,4-7,9-10H2,1-3H3. The van der Waals surface area contributed by atoms with Crippen LogP contribution >= 0.6 is 0 Å². The monoisotopic (exact) mass is 316 g/mol. The molecule has 1 N–H and O–H groups in total. The number of methoxy groups -OCH3 is 1. The lowest BCUT2D eigenvalue weighted by molar-refractivity contribution is 0.121. The summed E-state index contributed by atoms with van der Waals surface area (Å²) in [6.07, 6.45) is 1.68. The van der Waals surface area contributed by atoms with E-state index >= 15 is 0 Å². The van der Waals surface area contributed by atoms with E-state index in [9.17, 15) is 8.42 Å². The lowest BCUT2D eigenvalue weighted by Crippen LogP contribution is -2.39. The number of hydrogen-bond donors (Lipinski definition) is 1. The minimum absolute atomic E-state index is 0.290. The average molecular weight is 316 g/mol. The van der Waals surface area contributed by atoms with Gasteiger partial charge >= 0.3 is 0 Å². The number of nitrogens with one attached hydrogen (secondary N) is 1. The summed E-state index contributed by atoms with van der Waals surface area (Å²) in [6, 6.07) is 1.63. The third kappa shape index (κ3) is 3.66. The number of ether oxygens (including phenoxy) is 1. The molecule has 0 saturated carbocycles. The second-order valence-corrected chi connectivity index (χ2v) is 7.37. The van der Waals surface area contributed by atoms with Gasteiger partial charge < -0.3 is 14.5 Å². The van der Waals surface area contributed by atoms with Gasteiger partial charge in [-0.2, -0.15) is 4.31 Å². The van der Waals surface area contributed by atoms with Crippen LogP contribution in [0.2, 0.25) is 0 Å². The van der Waals surface area contributed by atoms with Crippen LogP contribution in [0.3, 0.4) is 0 Å². The highest BCUT2D eigenvalue weighted by atomic mass is 32.2. The zero-order chi connectivity index (χ0) is 15.5. The molecule has 0 radical (unpaired) electrons. The molecule has 6 nitrogen and oxygen atoms in total. The number of rotatable bonds is 6. The van der Waals surface area contributed by atoms with Crippen LogP contribution < -0.4 is 5.32 Å². The molecule has 2 rings (SSSR count). The molecule has 0 amide bonds. The summed E-state index contributed by atoms with van der Waals surface area (Å²) >= 11 is 0. The van der Waals surface area contributed by atoms with Crippen LogP contribution in [-0.2, 0) is 21.3 Å². The van der Waals surface area contributed by atoms with E-state index in [1.54, 1.807) is 31.5 Å². The number of piperidine rings is 1. The molecule has 21 heavy (non-hydrogen) atoms. The zero-order valence-electron chi connectivity index (χ0n) is 12.9. The van der Waals surface area contributed by atoms with Gasteiger partial charge in [-0.1, -0.05) is 0 Å². The molecular weight excluding hydrogens is 292 g/mol. The fourth-order valence-corrected chi connectivity index (χ4v) is 4.39. The molecule has 120 valence electrons. The van der Waals surface area contributed by atoms with Gasteiger partial charge in [-0.15, -0.1) is 0 Å². The van der Waals surface area contributed by atoms with Crippen LogP contribution in [0.25, 0.3) is 0 Å². The second kappa shape index (κ2) is 6.91. The van der Waals surface area contributed by atoms with Gasteiger partial charge in [0.2, 0.25) is 10.0 Å². The van der Waals surface area contributed by atoms with Crippen molar-refractivity contribution < 1.29 is 17.6 Å². The Hall–Kier alpha value is -0.890. The maximum absolute atomic E-state index is 12.7. The number of aryl methyl sites for hydroxylation is 1. The molecule has 0 unspecified atom stereocenters. The van der Waals surface area contributed by atoms with Gasteiger partial charge in [0.15, 0.2) is 0 Å². The Bertz CT molecular complexity index is 560. The summed E-state index contributed by atoms with van der Waals surface area (Å²) in [4.78, 5) is 0.290. The molecule has 0 aromatic carbocycles. The molecule has 0 aliphatic carbocycles. The normalized spacial score (nSPS) is 18.2. The largest absolute Gasteiger partial charge is 0.464 e. The SMILES string of the molecule is CNCc1cc(S(=O)(=O)N2CCC(COC)CC2)c(C)o1. The van der Waals surface area contributed by atoms with Gasteiger partial charge in [0.25, 0.3) is 0 Å². The van der Waals surface area contributed by atoms with E-state index in [4.69, 9.17) is 9.15 Å². The van der Waals surface area contributed by atoms with Crippen molar-refractivity contribution in [2.24, 2.45) is 5.92 Å². The van der Waals surface area contributed by atoms with Crippen molar-refractivity contribution in [2.45, 2.75) is 31.2 Å². The van der Waals surface area contributed by atoms with E-state index in [0.717, 1.165) is 12.8 Å². The van der Waals surface area contributed by atoms with E-state index in [2.05, 4.69) is 5.32 Å². The van der Waals surface area contributed by atoms with Crippen LogP contribution in [0, 0.1) is 12.8 Å². The van der Waals surface area contributed by atoms with Gasteiger partial charge in [-0.3, -0.25) is 0 Å². The van der Waals surface area contributed by atoms with E-state index in [1.807, 2.05) is 0 Å². The third-order valence-corrected chi connectivity index (χ3v) is 5.87. The summed E-state index contributed by atoms with van der Waals surface area (Å²) in [6.45, 7) is 4.01. The molecule has 1 aromatic rings. The van der Waals surface area contributed by atoms with Crippen LogP contribution in [0.15, 0.2) is 15.4 Å². The number of hydrogen-bond acceptors (Lipinski definition) is 5. The molecule has 1 fully saturated rings. The van der Waals surface area contributed by atoms with E-state index in [-0.39, 0.29) is 4.90 Å². The van der Waals surface area contributed by atoms with Crippen molar-refractivity contribution in [3.8, 4) is 0 Å². The Morgan fingerprint density at radius 1 is 1.43 bits per heavy atom. The first-order chi connectivity index (χ1) is 9.98. The zero-order valence-corrected chi connectivity index (χ0v) is 13.7. The van der Waals surface area contributed by atoms with Gasteiger partial charge in [0.1, 0.15) is 16.4 Å². The lowest BCUT2D eigenvalue weighted by Gasteiger charge is -2.30. The maximum atomic E-state index is 12.7.